The molecule has 0 aromatic carbocycles. The molecule has 7 nitrogen and oxygen atoms in total. The van der Waals surface area contributed by atoms with Crippen LogP contribution < -0.4 is 17.2 Å². The summed E-state index contributed by atoms with van der Waals surface area (Å²) in [4.78, 5) is 15.1. The zero-order valence-electron chi connectivity index (χ0n) is 8.61. The molecular weight excluding hydrogens is 212 g/mol. The average Bonchev–Trinajstić information content (AvgIpc) is 2.59. The number of nitrogen functional groups attached to an aromatic ring is 1. The Hall–Kier alpha value is -1.44. The molecule has 1 aromatic heterocycles. The third kappa shape index (κ3) is 1.92. The van der Waals surface area contributed by atoms with Crippen molar-refractivity contribution in [3.63, 3.8) is 0 Å². The van der Waals surface area contributed by atoms with Gasteiger partial charge < -0.3 is 21.3 Å². The van der Waals surface area contributed by atoms with Crippen LogP contribution in [-0.4, -0.2) is 33.4 Å². The second-order valence-corrected chi connectivity index (χ2v) is 3.75. The van der Waals surface area contributed by atoms with E-state index in [1.807, 2.05) is 0 Å². The molecule has 0 radical (unpaired) electrons. The lowest BCUT2D eigenvalue weighted by Gasteiger charge is -2.14. The maximum absolute atomic E-state index is 11.5. The molecule has 7 heteroatoms. The number of rotatable bonds is 2. The monoisotopic (exact) mass is 226 g/mol. The summed E-state index contributed by atoms with van der Waals surface area (Å²) < 4.78 is 6.76. The lowest BCUT2D eigenvalue weighted by atomic mass is 10.1. The van der Waals surface area contributed by atoms with Crippen molar-refractivity contribution in [3.05, 3.63) is 22.7 Å². The van der Waals surface area contributed by atoms with Gasteiger partial charge in [-0.2, -0.15) is 4.98 Å². The van der Waals surface area contributed by atoms with E-state index in [0.717, 1.165) is 0 Å². The highest BCUT2D eigenvalue weighted by Gasteiger charge is 2.33. The Kier molecular flexibility index (Phi) is 2.90. The molecule has 0 spiro atoms. The number of nitrogens with zero attached hydrogens (tertiary/aromatic N) is 2. The molecule has 0 amide bonds. The number of hydrogen-bond acceptors (Lipinski definition) is 6. The first-order valence-electron chi connectivity index (χ1n) is 4.98. The van der Waals surface area contributed by atoms with Gasteiger partial charge in [0.25, 0.3) is 0 Å². The second kappa shape index (κ2) is 4.20. The Morgan fingerprint density at radius 3 is 3.00 bits per heavy atom. The van der Waals surface area contributed by atoms with Crippen molar-refractivity contribution in [2.24, 2.45) is 5.73 Å². The van der Waals surface area contributed by atoms with Crippen LogP contribution in [0.4, 0.5) is 5.82 Å². The van der Waals surface area contributed by atoms with Crippen molar-refractivity contribution in [2.75, 3.05) is 12.3 Å². The molecular formula is C9H14N4O3. The molecule has 2 heterocycles. The maximum Gasteiger partial charge on any atom is 0.351 e. The number of nitrogens with two attached hydrogens (primary N) is 2. The van der Waals surface area contributed by atoms with Crippen molar-refractivity contribution in [1.29, 1.82) is 0 Å². The Morgan fingerprint density at radius 2 is 2.44 bits per heavy atom. The zero-order chi connectivity index (χ0) is 11.7. The minimum atomic E-state index is -0.479. The van der Waals surface area contributed by atoms with Gasteiger partial charge in [-0.25, -0.2) is 4.79 Å². The molecule has 1 aliphatic heterocycles. The summed E-state index contributed by atoms with van der Waals surface area (Å²) in [5, 5.41) is 8.99. The van der Waals surface area contributed by atoms with Crippen molar-refractivity contribution in [1.82, 2.24) is 9.55 Å². The van der Waals surface area contributed by atoms with Gasteiger partial charge in [-0.05, 0) is 6.07 Å². The smallest absolute Gasteiger partial charge is 0.351 e. The Labute approximate surface area is 91.6 Å². The van der Waals surface area contributed by atoms with E-state index in [0.29, 0.717) is 6.42 Å². The predicted molar refractivity (Wildman–Crippen MR) is 56.5 cm³/mol. The van der Waals surface area contributed by atoms with Gasteiger partial charge in [0.1, 0.15) is 12.0 Å². The number of hydrogen-bond donors (Lipinski definition) is 3. The normalized spacial score (nSPS) is 29.5. The summed E-state index contributed by atoms with van der Waals surface area (Å²) in [5.74, 6) is 0.169. The van der Waals surface area contributed by atoms with Crippen LogP contribution in [-0.2, 0) is 4.74 Å². The summed E-state index contributed by atoms with van der Waals surface area (Å²) in [6.45, 7) is -0.158. The van der Waals surface area contributed by atoms with E-state index in [-0.39, 0.29) is 18.5 Å². The van der Waals surface area contributed by atoms with E-state index in [4.69, 9.17) is 21.3 Å². The molecule has 1 saturated heterocycles. The molecule has 0 aliphatic carbocycles. The summed E-state index contributed by atoms with van der Waals surface area (Å²) in [6, 6.07) is 1.24. The minimum absolute atomic E-state index is 0.158. The molecule has 0 bridgehead atoms. The fourth-order valence-corrected chi connectivity index (χ4v) is 1.75. The minimum Gasteiger partial charge on any atom is -0.394 e. The first-order valence-corrected chi connectivity index (χ1v) is 4.98. The summed E-state index contributed by atoms with van der Waals surface area (Å²) in [5.41, 5.74) is 10.7. The van der Waals surface area contributed by atoms with Gasteiger partial charge in [-0.15, -0.1) is 0 Å². The Bertz CT molecular complexity index is 433. The average molecular weight is 226 g/mol. The van der Waals surface area contributed by atoms with Crippen LogP contribution in [0, 0.1) is 0 Å². The highest BCUT2D eigenvalue weighted by molar-refractivity contribution is 5.23. The Morgan fingerprint density at radius 1 is 1.69 bits per heavy atom. The number of aliphatic hydroxyl groups excluding tert-OH is 1. The van der Waals surface area contributed by atoms with Crippen LogP contribution in [0.15, 0.2) is 17.1 Å². The van der Waals surface area contributed by atoms with Gasteiger partial charge in [0.05, 0.1) is 12.7 Å². The molecule has 1 unspecified atom stereocenters. The van der Waals surface area contributed by atoms with E-state index >= 15 is 0 Å². The quantitative estimate of drug-likeness (QED) is 0.561. The molecule has 88 valence electrons. The highest BCUT2D eigenvalue weighted by atomic mass is 16.5. The predicted octanol–water partition coefficient (Wildman–Crippen LogP) is -1.57. The van der Waals surface area contributed by atoms with E-state index in [9.17, 15) is 4.79 Å². The maximum atomic E-state index is 11.5. The molecule has 5 N–H and O–H groups in total. The zero-order valence-corrected chi connectivity index (χ0v) is 8.61. The number of ether oxygens (including phenoxy) is 1. The lowest BCUT2D eigenvalue weighted by molar-refractivity contribution is -0.0270. The molecule has 0 saturated carbocycles. The molecule has 16 heavy (non-hydrogen) atoms. The van der Waals surface area contributed by atoms with Crippen LogP contribution in [0.5, 0.6) is 0 Å². The van der Waals surface area contributed by atoms with Gasteiger partial charge in [0.2, 0.25) is 0 Å². The highest BCUT2D eigenvalue weighted by Crippen LogP contribution is 2.25. The third-order valence-corrected chi connectivity index (χ3v) is 2.62. The molecule has 1 fully saturated rings. The fraction of sp³-hybridized carbons (Fsp3) is 0.556. The van der Waals surface area contributed by atoms with Gasteiger partial charge in [0, 0.05) is 18.7 Å². The first kappa shape index (κ1) is 11.1. The van der Waals surface area contributed by atoms with Crippen LogP contribution >= 0.6 is 0 Å². The molecule has 3 atom stereocenters. The van der Waals surface area contributed by atoms with Crippen LogP contribution in [0.25, 0.3) is 0 Å². The molecule has 1 aromatic rings. The largest absolute Gasteiger partial charge is 0.394 e. The summed E-state index contributed by atoms with van der Waals surface area (Å²) in [7, 11) is 0. The van der Waals surface area contributed by atoms with Gasteiger partial charge in [-0.1, -0.05) is 0 Å². The van der Waals surface area contributed by atoms with Gasteiger partial charge in [0.15, 0.2) is 0 Å². The molecule has 2 rings (SSSR count). The number of aliphatic hydroxyl groups is 1. The van der Waals surface area contributed by atoms with Gasteiger partial charge in [-0.3, -0.25) is 4.57 Å². The van der Waals surface area contributed by atoms with Crippen LogP contribution in [0.1, 0.15) is 12.6 Å². The first-order chi connectivity index (χ1) is 7.61. The van der Waals surface area contributed by atoms with E-state index in [1.165, 1.54) is 16.8 Å². The van der Waals surface area contributed by atoms with Crippen molar-refractivity contribution >= 4 is 5.82 Å². The topological polar surface area (TPSA) is 116 Å². The van der Waals surface area contributed by atoms with E-state index in [1.54, 1.807) is 0 Å². The summed E-state index contributed by atoms with van der Waals surface area (Å²) >= 11 is 0. The number of aromatic nitrogens is 2. The van der Waals surface area contributed by atoms with Gasteiger partial charge >= 0.3 is 5.69 Å². The third-order valence-electron chi connectivity index (χ3n) is 2.62. The Balaban J connectivity index is 2.23. The fourth-order valence-electron chi connectivity index (χ4n) is 1.75. The van der Waals surface area contributed by atoms with Crippen molar-refractivity contribution in [2.45, 2.75) is 24.8 Å². The molecule has 1 aliphatic rings. The standard InChI is InChI=1S/C9H14N4O3/c10-5-3-8(16-6(5)4-14)13-2-1-7(11)12-9(13)15/h1-2,5-6,8,14H,3-4,10H2,(H2,11,12,15)/t5?,6-,8-/m1/s1. The van der Waals surface area contributed by atoms with Crippen molar-refractivity contribution < 1.29 is 9.84 Å². The van der Waals surface area contributed by atoms with Crippen molar-refractivity contribution in [3.8, 4) is 0 Å². The lowest BCUT2D eigenvalue weighted by Crippen LogP contribution is -2.32. The van der Waals surface area contributed by atoms with Crippen LogP contribution in [0.2, 0.25) is 0 Å². The SMILES string of the molecule is Nc1ccn([C@H]2CC(N)[C@@H](CO)O2)c(=O)n1. The van der Waals surface area contributed by atoms with E-state index in [2.05, 4.69) is 4.98 Å². The van der Waals surface area contributed by atoms with Crippen LogP contribution in [0.3, 0.4) is 0 Å². The number of anilines is 1. The summed E-state index contributed by atoms with van der Waals surface area (Å²) in [6.07, 6.45) is 1.07. The second-order valence-electron chi connectivity index (χ2n) is 3.75. The van der Waals surface area contributed by atoms with E-state index < -0.39 is 18.0 Å².